The normalized spacial score (nSPS) is 16.3. The summed E-state index contributed by atoms with van der Waals surface area (Å²) >= 11 is 0. The second kappa shape index (κ2) is 7.48. The summed E-state index contributed by atoms with van der Waals surface area (Å²) in [5.41, 5.74) is 5.99. The van der Waals surface area contributed by atoms with Crippen molar-refractivity contribution < 1.29 is 14.3 Å². The first-order chi connectivity index (χ1) is 8.93. The highest BCUT2D eigenvalue weighted by Gasteiger charge is 2.31. The molecule has 1 rings (SSSR count). The molecule has 0 aliphatic heterocycles. The van der Waals surface area contributed by atoms with Crippen molar-refractivity contribution in [2.45, 2.75) is 45.6 Å². The largest absolute Gasteiger partial charge is 0.469 e. The number of methoxy groups -OCH3 is 1. The number of rotatable bonds is 8. The van der Waals surface area contributed by atoms with Crippen LogP contribution in [0.3, 0.4) is 0 Å². The van der Waals surface area contributed by atoms with Crippen LogP contribution in [-0.4, -0.2) is 43.0 Å². The molecule has 0 bridgehead atoms. The smallest absolute Gasteiger partial charge is 0.307 e. The van der Waals surface area contributed by atoms with E-state index in [9.17, 15) is 9.59 Å². The number of nitrogens with zero attached hydrogens (tertiary/aromatic N) is 1. The predicted octanol–water partition coefficient (Wildman–Crippen LogP) is 1.16. The van der Waals surface area contributed by atoms with Gasteiger partial charge in [0.25, 0.3) is 0 Å². The van der Waals surface area contributed by atoms with Crippen LogP contribution in [0.25, 0.3) is 0 Å². The van der Waals surface area contributed by atoms with Crippen LogP contribution in [0.4, 0.5) is 0 Å². The zero-order valence-corrected chi connectivity index (χ0v) is 12.2. The number of hydrogen-bond acceptors (Lipinski definition) is 4. The summed E-state index contributed by atoms with van der Waals surface area (Å²) in [5, 5.41) is 0. The monoisotopic (exact) mass is 270 g/mol. The summed E-state index contributed by atoms with van der Waals surface area (Å²) in [7, 11) is 1.36. The van der Waals surface area contributed by atoms with Crippen molar-refractivity contribution >= 4 is 11.9 Å². The maximum absolute atomic E-state index is 12.2. The first-order valence-electron chi connectivity index (χ1n) is 7.04. The van der Waals surface area contributed by atoms with Gasteiger partial charge in [0.05, 0.1) is 13.5 Å². The predicted molar refractivity (Wildman–Crippen MR) is 73.4 cm³/mol. The molecule has 1 saturated carbocycles. The Balaban J connectivity index is 2.45. The third-order valence-corrected chi connectivity index (χ3v) is 3.39. The van der Waals surface area contributed by atoms with Crippen molar-refractivity contribution in [3.63, 3.8) is 0 Å². The fourth-order valence-electron chi connectivity index (χ4n) is 2.11. The van der Waals surface area contributed by atoms with E-state index in [0.29, 0.717) is 31.3 Å². The van der Waals surface area contributed by atoms with Gasteiger partial charge in [0.1, 0.15) is 0 Å². The number of esters is 1. The highest BCUT2D eigenvalue weighted by Crippen LogP contribution is 2.33. The van der Waals surface area contributed by atoms with Crippen LogP contribution in [0.15, 0.2) is 0 Å². The van der Waals surface area contributed by atoms with Gasteiger partial charge in [0, 0.05) is 25.6 Å². The van der Waals surface area contributed by atoms with Gasteiger partial charge in [-0.05, 0) is 24.7 Å². The molecule has 1 amide bonds. The van der Waals surface area contributed by atoms with Crippen molar-refractivity contribution in [2.24, 2.45) is 17.6 Å². The fraction of sp³-hybridized carbons (Fsp3) is 0.857. The van der Waals surface area contributed by atoms with Gasteiger partial charge in [-0.2, -0.15) is 0 Å². The molecule has 0 saturated heterocycles. The van der Waals surface area contributed by atoms with Gasteiger partial charge in [0.15, 0.2) is 0 Å². The Bertz CT molecular complexity index is 314. The van der Waals surface area contributed by atoms with Gasteiger partial charge in [-0.1, -0.05) is 13.8 Å². The van der Waals surface area contributed by atoms with Crippen LogP contribution in [0, 0.1) is 11.8 Å². The van der Waals surface area contributed by atoms with E-state index >= 15 is 0 Å². The second-order valence-electron chi connectivity index (χ2n) is 5.77. The lowest BCUT2D eigenvalue weighted by Gasteiger charge is -2.25. The number of ether oxygens (including phenoxy) is 1. The van der Waals surface area contributed by atoms with Gasteiger partial charge in [-0.25, -0.2) is 0 Å². The Kier molecular flexibility index (Phi) is 6.28. The van der Waals surface area contributed by atoms with Crippen molar-refractivity contribution in [2.75, 3.05) is 20.2 Å². The number of carbonyl (C=O) groups is 2. The maximum atomic E-state index is 12.2. The van der Waals surface area contributed by atoms with Crippen LogP contribution >= 0.6 is 0 Å². The fourth-order valence-corrected chi connectivity index (χ4v) is 2.11. The standard InChI is InChI=1S/C14H26N2O3/c1-10(2)9-16(7-6-14(18)19-3)13(17)8-12(15)11-4-5-11/h10-12H,4-9,15H2,1-3H3. The molecule has 0 aromatic carbocycles. The number of carbonyl (C=O) groups excluding carboxylic acids is 2. The van der Waals surface area contributed by atoms with Crippen molar-refractivity contribution in [1.82, 2.24) is 4.90 Å². The van der Waals surface area contributed by atoms with Crippen LogP contribution in [0.5, 0.6) is 0 Å². The van der Waals surface area contributed by atoms with Crippen LogP contribution in [0.1, 0.15) is 39.5 Å². The van der Waals surface area contributed by atoms with E-state index in [-0.39, 0.29) is 24.3 Å². The molecule has 5 nitrogen and oxygen atoms in total. The highest BCUT2D eigenvalue weighted by atomic mass is 16.5. The first-order valence-corrected chi connectivity index (χ1v) is 7.04. The average molecular weight is 270 g/mol. The molecule has 19 heavy (non-hydrogen) atoms. The third-order valence-electron chi connectivity index (χ3n) is 3.39. The van der Waals surface area contributed by atoms with Crippen LogP contribution in [0.2, 0.25) is 0 Å². The van der Waals surface area contributed by atoms with E-state index in [1.807, 2.05) is 0 Å². The maximum Gasteiger partial charge on any atom is 0.307 e. The second-order valence-corrected chi connectivity index (χ2v) is 5.77. The Morgan fingerprint density at radius 1 is 1.37 bits per heavy atom. The minimum Gasteiger partial charge on any atom is -0.469 e. The first kappa shape index (κ1) is 16.0. The molecule has 0 aromatic heterocycles. The van der Waals surface area contributed by atoms with Gasteiger partial charge < -0.3 is 15.4 Å². The lowest BCUT2D eigenvalue weighted by molar-refractivity contribution is -0.142. The Morgan fingerprint density at radius 3 is 2.47 bits per heavy atom. The van der Waals surface area contributed by atoms with Crippen molar-refractivity contribution in [3.05, 3.63) is 0 Å². The molecular weight excluding hydrogens is 244 g/mol. The molecule has 0 heterocycles. The molecule has 1 atom stereocenters. The zero-order valence-electron chi connectivity index (χ0n) is 12.2. The van der Waals surface area contributed by atoms with E-state index < -0.39 is 0 Å². The minimum atomic E-state index is -0.284. The van der Waals surface area contributed by atoms with Gasteiger partial charge >= 0.3 is 5.97 Å². The lowest BCUT2D eigenvalue weighted by Crippen LogP contribution is -2.39. The number of amides is 1. The molecule has 1 aliphatic carbocycles. The average Bonchev–Trinajstić information content (AvgIpc) is 3.17. The summed E-state index contributed by atoms with van der Waals surface area (Å²) in [6.07, 6.45) is 2.91. The summed E-state index contributed by atoms with van der Waals surface area (Å²) in [4.78, 5) is 25.1. The van der Waals surface area contributed by atoms with Crippen molar-refractivity contribution in [3.8, 4) is 0 Å². The molecule has 5 heteroatoms. The molecule has 0 spiro atoms. The van der Waals surface area contributed by atoms with Crippen LogP contribution in [-0.2, 0) is 14.3 Å². The van der Waals surface area contributed by atoms with E-state index in [1.54, 1.807) is 4.90 Å². The molecule has 1 fully saturated rings. The van der Waals surface area contributed by atoms with E-state index in [0.717, 1.165) is 12.8 Å². The molecule has 2 N–H and O–H groups in total. The van der Waals surface area contributed by atoms with Crippen molar-refractivity contribution in [1.29, 1.82) is 0 Å². The summed E-state index contributed by atoms with van der Waals surface area (Å²) < 4.78 is 4.61. The van der Waals surface area contributed by atoms with Crippen LogP contribution < -0.4 is 5.73 Å². The quantitative estimate of drug-likeness (QED) is 0.672. The lowest BCUT2D eigenvalue weighted by atomic mass is 10.1. The van der Waals surface area contributed by atoms with E-state index in [1.165, 1.54) is 7.11 Å². The molecule has 0 aromatic rings. The number of hydrogen-bond donors (Lipinski definition) is 1. The van der Waals surface area contributed by atoms with E-state index in [4.69, 9.17) is 5.73 Å². The molecule has 1 unspecified atom stereocenters. The third kappa shape index (κ3) is 6.05. The zero-order chi connectivity index (χ0) is 14.4. The summed E-state index contributed by atoms with van der Waals surface area (Å²) in [6, 6.07) is -0.0275. The Labute approximate surface area is 115 Å². The topological polar surface area (TPSA) is 72.6 Å². The molecular formula is C14H26N2O3. The highest BCUT2D eigenvalue weighted by molar-refractivity contribution is 5.78. The SMILES string of the molecule is COC(=O)CCN(CC(C)C)C(=O)CC(N)C1CC1. The molecule has 1 aliphatic rings. The van der Waals surface area contributed by atoms with Gasteiger partial charge in [-0.15, -0.1) is 0 Å². The Morgan fingerprint density at radius 2 is 2.00 bits per heavy atom. The Hall–Kier alpha value is -1.10. The number of nitrogens with two attached hydrogens (primary N) is 1. The van der Waals surface area contributed by atoms with Gasteiger partial charge in [0.2, 0.25) is 5.91 Å². The molecule has 0 radical (unpaired) electrons. The summed E-state index contributed by atoms with van der Waals surface area (Å²) in [6.45, 7) is 5.19. The van der Waals surface area contributed by atoms with E-state index in [2.05, 4.69) is 18.6 Å². The van der Waals surface area contributed by atoms with Gasteiger partial charge in [-0.3, -0.25) is 9.59 Å². The molecule has 110 valence electrons. The minimum absolute atomic E-state index is 0.0275. The summed E-state index contributed by atoms with van der Waals surface area (Å²) in [5.74, 6) is 0.661.